The van der Waals surface area contributed by atoms with Crippen molar-refractivity contribution in [3.8, 4) is 0 Å². The molecule has 1 aromatic heterocycles. The first kappa shape index (κ1) is 17.5. The summed E-state index contributed by atoms with van der Waals surface area (Å²) < 4.78 is 5.00. The summed E-state index contributed by atoms with van der Waals surface area (Å²) in [6, 6.07) is 8.26. The first-order valence-electron chi connectivity index (χ1n) is 7.64. The van der Waals surface area contributed by atoms with Gasteiger partial charge in [-0.2, -0.15) is 0 Å². The molecule has 3 amide bonds. The van der Waals surface area contributed by atoms with Crippen molar-refractivity contribution < 1.29 is 14.1 Å². The summed E-state index contributed by atoms with van der Waals surface area (Å²) in [6.07, 6.45) is 0.111. The molecule has 2 aromatic rings. The van der Waals surface area contributed by atoms with Crippen LogP contribution in [0.5, 0.6) is 0 Å². The van der Waals surface area contributed by atoms with E-state index in [0.29, 0.717) is 18.0 Å². The highest BCUT2D eigenvalue weighted by molar-refractivity contribution is 5.78. The number of rotatable bonds is 6. The highest BCUT2D eigenvalue weighted by atomic mass is 16.5. The topological polar surface area (TPSA) is 101 Å². The number of benzene rings is 1. The third-order valence-corrected chi connectivity index (χ3v) is 3.64. The second-order valence-electron chi connectivity index (χ2n) is 5.86. The number of aromatic nitrogens is 1. The summed E-state index contributed by atoms with van der Waals surface area (Å²) in [6.45, 7) is 4.09. The van der Waals surface area contributed by atoms with E-state index in [1.54, 1.807) is 24.9 Å². The standard InChI is InChI=1S/C17H22N4O3/c1-11-5-4-6-13(7-11)15(19-17(18)23)9-16(22)21(3)10-14-8-12(2)24-20-14/h4-8,15H,9-10H2,1-3H3,(H3,18,19,23)/t15-/m0/s1. The molecule has 1 atom stereocenters. The van der Waals surface area contributed by atoms with E-state index < -0.39 is 12.1 Å². The third-order valence-electron chi connectivity index (χ3n) is 3.64. The molecular weight excluding hydrogens is 308 g/mol. The molecule has 0 fully saturated rings. The van der Waals surface area contributed by atoms with Crippen molar-refractivity contribution in [2.75, 3.05) is 7.05 Å². The number of carbonyl (C=O) groups is 2. The molecule has 1 heterocycles. The number of hydrogen-bond donors (Lipinski definition) is 2. The van der Waals surface area contributed by atoms with Gasteiger partial charge in [0.15, 0.2) is 0 Å². The number of carbonyl (C=O) groups excluding carboxylic acids is 2. The first-order valence-corrected chi connectivity index (χ1v) is 7.64. The molecule has 0 saturated carbocycles. The highest BCUT2D eigenvalue weighted by Gasteiger charge is 2.20. The lowest BCUT2D eigenvalue weighted by atomic mass is 10.0. The van der Waals surface area contributed by atoms with E-state index in [1.807, 2.05) is 31.2 Å². The number of aryl methyl sites for hydroxylation is 2. The van der Waals surface area contributed by atoms with Crippen molar-refractivity contribution in [2.24, 2.45) is 5.73 Å². The lowest BCUT2D eigenvalue weighted by molar-refractivity contribution is -0.131. The van der Waals surface area contributed by atoms with Gasteiger partial charge in [0.05, 0.1) is 19.0 Å². The quantitative estimate of drug-likeness (QED) is 0.846. The van der Waals surface area contributed by atoms with E-state index in [9.17, 15) is 9.59 Å². The Morgan fingerprint density at radius 2 is 2.08 bits per heavy atom. The Morgan fingerprint density at radius 1 is 1.33 bits per heavy atom. The summed E-state index contributed by atoms with van der Waals surface area (Å²) >= 11 is 0. The maximum Gasteiger partial charge on any atom is 0.312 e. The summed E-state index contributed by atoms with van der Waals surface area (Å²) in [5.74, 6) is 0.565. The largest absolute Gasteiger partial charge is 0.361 e. The first-order chi connectivity index (χ1) is 11.3. The van der Waals surface area contributed by atoms with Crippen molar-refractivity contribution in [3.05, 3.63) is 52.9 Å². The van der Waals surface area contributed by atoms with E-state index in [-0.39, 0.29) is 12.3 Å². The van der Waals surface area contributed by atoms with Crippen LogP contribution in [0.2, 0.25) is 0 Å². The minimum atomic E-state index is -0.663. The smallest absolute Gasteiger partial charge is 0.312 e. The summed E-state index contributed by atoms with van der Waals surface area (Å²) in [5, 5.41) is 6.51. The van der Waals surface area contributed by atoms with Crippen molar-refractivity contribution >= 4 is 11.9 Å². The van der Waals surface area contributed by atoms with Gasteiger partial charge in [-0.3, -0.25) is 4.79 Å². The molecule has 24 heavy (non-hydrogen) atoms. The van der Waals surface area contributed by atoms with Gasteiger partial charge in [-0.25, -0.2) is 4.79 Å². The maximum absolute atomic E-state index is 12.5. The van der Waals surface area contributed by atoms with Crippen LogP contribution in [0.25, 0.3) is 0 Å². The number of nitrogens with zero attached hydrogens (tertiary/aromatic N) is 2. The van der Waals surface area contributed by atoms with Crippen molar-refractivity contribution in [2.45, 2.75) is 32.9 Å². The molecule has 0 unspecified atom stereocenters. The number of amides is 3. The Hall–Kier alpha value is -2.83. The van der Waals surface area contributed by atoms with E-state index in [4.69, 9.17) is 10.3 Å². The third kappa shape index (κ3) is 4.84. The second kappa shape index (κ2) is 7.63. The molecule has 0 saturated heterocycles. The second-order valence-corrected chi connectivity index (χ2v) is 5.86. The van der Waals surface area contributed by atoms with Gasteiger partial charge in [0.1, 0.15) is 11.5 Å². The lowest BCUT2D eigenvalue weighted by Crippen LogP contribution is -2.37. The number of nitrogens with two attached hydrogens (primary N) is 1. The van der Waals surface area contributed by atoms with Crippen LogP contribution < -0.4 is 11.1 Å². The van der Waals surface area contributed by atoms with Crippen LogP contribution in [-0.2, 0) is 11.3 Å². The minimum absolute atomic E-state index is 0.111. The molecule has 3 N–H and O–H groups in total. The van der Waals surface area contributed by atoms with Gasteiger partial charge >= 0.3 is 6.03 Å². The zero-order chi connectivity index (χ0) is 17.7. The molecule has 0 aliphatic heterocycles. The van der Waals surface area contributed by atoms with E-state index in [1.165, 1.54) is 0 Å². The van der Waals surface area contributed by atoms with Gasteiger partial charge in [0, 0.05) is 13.1 Å². The lowest BCUT2D eigenvalue weighted by Gasteiger charge is -2.22. The Bertz CT molecular complexity index is 726. The Balaban J connectivity index is 2.07. The van der Waals surface area contributed by atoms with Crippen LogP contribution in [0, 0.1) is 13.8 Å². The molecule has 0 bridgehead atoms. The number of nitrogens with one attached hydrogen (secondary N) is 1. The van der Waals surface area contributed by atoms with Gasteiger partial charge in [-0.05, 0) is 19.4 Å². The van der Waals surface area contributed by atoms with E-state index in [0.717, 1.165) is 11.1 Å². The predicted octanol–water partition coefficient (Wildman–Crippen LogP) is 2.05. The summed E-state index contributed by atoms with van der Waals surface area (Å²) in [5.41, 5.74) is 7.81. The summed E-state index contributed by atoms with van der Waals surface area (Å²) in [7, 11) is 1.68. The molecule has 0 spiro atoms. The molecular formula is C17H22N4O3. The van der Waals surface area contributed by atoms with Crippen molar-refractivity contribution in [1.29, 1.82) is 0 Å². The fourth-order valence-corrected chi connectivity index (χ4v) is 2.46. The van der Waals surface area contributed by atoms with Crippen LogP contribution >= 0.6 is 0 Å². The fraction of sp³-hybridized carbons (Fsp3) is 0.353. The predicted molar refractivity (Wildman–Crippen MR) is 89.0 cm³/mol. The van der Waals surface area contributed by atoms with Crippen LogP contribution in [0.1, 0.15) is 35.0 Å². The highest BCUT2D eigenvalue weighted by Crippen LogP contribution is 2.19. The number of primary amides is 1. The van der Waals surface area contributed by atoms with Crippen LogP contribution in [0.3, 0.4) is 0 Å². The minimum Gasteiger partial charge on any atom is -0.361 e. The van der Waals surface area contributed by atoms with Crippen molar-refractivity contribution in [1.82, 2.24) is 15.4 Å². The normalized spacial score (nSPS) is 11.8. The van der Waals surface area contributed by atoms with Gasteiger partial charge in [-0.15, -0.1) is 0 Å². The molecule has 0 radical (unpaired) electrons. The maximum atomic E-state index is 12.5. The molecule has 7 heteroatoms. The molecule has 1 aromatic carbocycles. The van der Waals surface area contributed by atoms with Gasteiger partial charge in [0.25, 0.3) is 0 Å². The SMILES string of the molecule is Cc1cccc([C@H](CC(=O)N(C)Cc2cc(C)on2)NC(N)=O)c1. The molecule has 0 aliphatic rings. The summed E-state index contributed by atoms with van der Waals surface area (Å²) in [4.78, 5) is 25.3. The number of hydrogen-bond acceptors (Lipinski definition) is 4. The van der Waals surface area contributed by atoms with E-state index >= 15 is 0 Å². The Kier molecular flexibility index (Phi) is 5.57. The average molecular weight is 330 g/mol. The Labute approximate surface area is 140 Å². The zero-order valence-electron chi connectivity index (χ0n) is 14.1. The molecule has 2 rings (SSSR count). The monoisotopic (exact) mass is 330 g/mol. The molecule has 0 aliphatic carbocycles. The zero-order valence-corrected chi connectivity index (χ0v) is 14.1. The fourth-order valence-electron chi connectivity index (χ4n) is 2.46. The molecule has 128 valence electrons. The van der Waals surface area contributed by atoms with Crippen LogP contribution in [0.15, 0.2) is 34.9 Å². The van der Waals surface area contributed by atoms with Crippen LogP contribution in [-0.4, -0.2) is 29.0 Å². The van der Waals surface area contributed by atoms with Gasteiger partial charge in [0.2, 0.25) is 5.91 Å². The van der Waals surface area contributed by atoms with Crippen molar-refractivity contribution in [3.63, 3.8) is 0 Å². The van der Waals surface area contributed by atoms with Gasteiger partial charge < -0.3 is 20.5 Å². The number of urea groups is 1. The van der Waals surface area contributed by atoms with E-state index in [2.05, 4.69) is 10.5 Å². The van der Waals surface area contributed by atoms with Gasteiger partial charge in [-0.1, -0.05) is 35.0 Å². The average Bonchev–Trinajstić information content (AvgIpc) is 2.91. The molecule has 7 nitrogen and oxygen atoms in total. The van der Waals surface area contributed by atoms with Crippen LogP contribution in [0.4, 0.5) is 4.79 Å². The Morgan fingerprint density at radius 3 is 2.67 bits per heavy atom.